The Kier molecular flexibility index (Phi) is 5.50. The Bertz CT molecular complexity index is 714. The van der Waals surface area contributed by atoms with Crippen LogP contribution in [0.3, 0.4) is 0 Å². The second-order valence-electron chi connectivity index (χ2n) is 6.74. The van der Waals surface area contributed by atoms with Gasteiger partial charge in [0.2, 0.25) is 0 Å². The molecule has 3 rings (SSSR count). The first-order valence-electron chi connectivity index (χ1n) is 8.60. The number of urea groups is 2. The molecule has 0 bridgehead atoms. The van der Waals surface area contributed by atoms with E-state index >= 15 is 0 Å². The first-order valence-corrected chi connectivity index (χ1v) is 8.98. The van der Waals surface area contributed by atoms with Gasteiger partial charge in [-0.2, -0.15) is 0 Å². The molecule has 0 radical (unpaired) electrons. The molecule has 1 aliphatic heterocycles. The number of carbonyl (C=O) groups excluding carboxylic acids is 2. The number of amides is 4. The van der Waals surface area contributed by atoms with Crippen molar-refractivity contribution < 1.29 is 18.4 Å². The third-order valence-corrected chi connectivity index (χ3v) is 5.08. The molecule has 2 fully saturated rings. The summed E-state index contributed by atoms with van der Waals surface area (Å²) in [5, 5.41) is 2.42. The lowest BCUT2D eigenvalue weighted by atomic mass is 10.0. The zero-order valence-electron chi connectivity index (χ0n) is 14.2. The number of hydrogen-bond acceptors (Lipinski definition) is 2. The van der Waals surface area contributed by atoms with Gasteiger partial charge in [0.05, 0.1) is 11.1 Å². The van der Waals surface area contributed by atoms with Gasteiger partial charge in [0.1, 0.15) is 11.6 Å². The fourth-order valence-corrected chi connectivity index (χ4v) is 3.55. The molecule has 0 aromatic heterocycles. The Labute approximate surface area is 155 Å². The summed E-state index contributed by atoms with van der Waals surface area (Å²) < 4.78 is 26.9. The summed E-state index contributed by atoms with van der Waals surface area (Å²) in [6, 6.07) is 1.11. The van der Waals surface area contributed by atoms with Crippen molar-refractivity contribution in [3.63, 3.8) is 0 Å². The molecule has 26 heavy (non-hydrogen) atoms. The lowest BCUT2D eigenvalue weighted by molar-refractivity contribution is 0.119. The first kappa shape index (κ1) is 18.7. The smallest absolute Gasteiger partial charge is 0.317 e. The molecule has 2 aliphatic rings. The zero-order chi connectivity index (χ0) is 18.8. The number of nitrogens with one attached hydrogen (secondary N) is 1. The maximum Gasteiger partial charge on any atom is 0.317 e. The Morgan fingerprint density at radius 3 is 2.62 bits per heavy atom. The molecule has 1 heterocycles. The molecule has 6 nitrogen and oxygen atoms in total. The van der Waals surface area contributed by atoms with Crippen molar-refractivity contribution >= 4 is 23.7 Å². The number of piperidine rings is 1. The van der Waals surface area contributed by atoms with Crippen LogP contribution in [-0.2, 0) is 6.54 Å². The Hall–Kier alpha value is -2.09. The van der Waals surface area contributed by atoms with Crippen molar-refractivity contribution in [1.29, 1.82) is 0 Å². The van der Waals surface area contributed by atoms with E-state index in [0.717, 1.165) is 31.7 Å². The van der Waals surface area contributed by atoms with Gasteiger partial charge in [-0.25, -0.2) is 18.4 Å². The minimum atomic E-state index is -0.843. The van der Waals surface area contributed by atoms with E-state index in [-0.39, 0.29) is 35.2 Å². The van der Waals surface area contributed by atoms with E-state index in [2.05, 4.69) is 5.32 Å². The molecule has 1 aromatic carbocycles. The molecule has 3 N–H and O–H groups in total. The third kappa shape index (κ3) is 4.17. The molecule has 0 spiro atoms. The number of carbonyl (C=O) groups is 2. The number of halogens is 3. The van der Waals surface area contributed by atoms with Crippen LogP contribution in [0.15, 0.2) is 12.1 Å². The van der Waals surface area contributed by atoms with Gasteiger partial charge < -0.3 is 20.9 Å². The summed E-state index contributed by atoms with van der Waals surface area (Å²) in [7, 11) is 0. The van der Waals surface area contributed by atoms with Gasteiger partial charge in [-0.3, -0.25) is 0 Å². The molecule has 4 amide bonds. The number of likely N-dealkylation sites (tertiary alicyclic amines) is 1. The van der Waals surface area contributed by atoms with Crippen molar-refractivity contribution in [1.82, 2.24) is 15.1 Å². The standard InChI is InChI=1S/C17H21ClF2N4O2/c18-13-6-10(14(19)7-15(13)20)8-22-17(26)23-5-1-2-12(9-23)24(16(21)25)11-3-4-11/h6-7,11-12H,1-5,8-9H2,(H2,21,25)(H,22,26)/t12-/m1/s1. The molecule has 1 saturated carbocycles. The van der Waals surface area contributed by atoms with Crippen LogP contribution in [0.2, 0.25) is 5.02 Å². The SMILES string of the molecule is NC(=O)N(C1CC1)[C@@H]1CCCN(C(=O)NCc2cc(Cl)c(F)cc2F)C1. The average Bonchev–Trinajstić information content (AvgIpc) is 3.41. The predicted octanol–water partition coefficient (Wildman–Crippen LogP) is 2.84. The Morgan fingerprint density at radius 2 is 1.96 bits per heavy atom. The summed E-state index contributed by atoms with van der Waals surface area (Å²) in [5.74, 6) is -1.61. The minimum Gasteiger partial charge on any atom is -0.351 e. The predicted molar refractivity (Wildman–Crippen MR) is 92.6 cm³/mol. The van der Waals surface area contributed by atoms with Gasteiger partial charge in [-0.05, 0) is 31.7 Å². The third-order valence-electron chi connectivity index (χ3n) is 4.79. The quantitative estimate of drug-likeness (QED) is 0.780. The highest BCUT2D eigenvalue weighted by atomic mass is 35.5. The van der Waals surface area contributed by atoms with Crippen LogP contribution >= 0.6 is 11.6 Å². The highest BCUT2D eigenvalue weighted by Crippen LogP contribution is 2.31. The van der Waals surface area contributed by atoms with Crippen LogP contribution in [-0.4, -0.2) is 47.0 Å². The van der Waals surface area contributed by atoms with Gasteiger partial charge in [-0.1, -0.05) is 11.6 Å². The van der Waals surface area contributed by atoms with Gasteiger partial charge in [0.15, 0.2) is 0 Å². The van der Waals surface area contributed by atoms with Gasteiger partial charge >= 0.3 is 12.1 Å². The summed E-state index contributed by atoms with van der Waals surface area (Å²) in [4.78, 5) is 27.4. The van der Waals surface area contributed by atoms with Crippen molar-refractivity contribution in [2.75, 3.05) is 13.1 Å². The normalized spacial score (nSPS) is 20.0. The zero-order valence-corrected chi connectivity index (χ0v) is 14.9. The van der Waals surface area contributed by atoms with Crippen LogP contribution < -0.4 is 11.1 Å². The molecule has 1 aromatic rings. The number of nitrogens with two attached hydrogens (primary N) is 1. The van der Waals surface area contributed by atoms with Crippen LogP contribution in [0.5, 0.6) is 0 Å². The summed E-state index contributed by atoms with van der Waals surface area (Å²) in [6.07, 6.45) is 3.43. The molecular formula is C17H21ClF2N4O2. The average molecular weight is 387 g/mol. The summed E-state index contributed by atoms with van der Waals surface area (Å²) in [6.45, 7) is 0.832. The summed E-state index contributed by atoms with van der Waals surface area (Å²) >= 11 is 5.65. The topological polar surface area (TPSA) is 78.7 Å². The number of hydrogen-bond donors (Lipinski definition) is 2. The van der Waals surface area contributed by atoms with E-state index in [1.54, 1.807) is 9.80 Å². The largest absolute Gasteiger partial charge is 0.351 e. The van der Waals surface area contributed by atoms with Crippen LogP contribution in [0, 0.1) is 11.6 Å². The van der Waals surface area contributed by atoms with Crippen molar-refractivity contribution in [2.45, 2.75) is 44.3 Å². The number of benzene rings is 1. The maximum atomic E-state index is 13.8. The minimum absolute atomic E-state index is 0.100. The molecule has 142 valence electrons. The molecule has 9 heteroatoms. The Balaban J connectivity index is 1.59. The van der Waals surface area contributed by atoms with E-state index < -0.39 is 17.7 Å². The number of primary amides is 1. The van der Waals surface area contributed by atoms with Crippen LogP contribution in [0.25, 0.3) is 0 Å². The van der Waals surface area contributed by atoms with E-state index in [4.69, 9.17) is 17.3 Å². The molecule has 0 unspecified atom stereocenters. The lowest BCUT2D eigenvalue weighted by Crippen LogP contribution is -2.55. The fraction of sp³-hybridized carbons (Fsp3) is 0.529. The fourth-order valence-electron chi connectivity index (χ4n) is 3.36. The second-order valence-corrected chi connectivity index (χ2v) is 7.14. The highest BCUT2D eigenvalue weighted by Gasteiger charge is 2.38. The van der Waals surface area contributed by atoms with Gasteiger partial charge in [0.25, 0.3) is 0 Å². The van der Waals surface area contributed by atoms with Crippen molar-refractivity contribution in [2.24, 2.45) is 5.73 Å². The van der Waals surface area contributed by atoms with Crippen molar-refractivity contribution in [3.8, 4) is 0 Å². The van der Waals surface area contributed by atoms with Crippen molar-refractivity contribution in [3.05, 3.63) is 34.4 Å². The van der Waals surface area contributed by atoms with E-state index in [1.165, 1.54) is 0 Å². The molecule has 1 saturated heterocycles. The van der Waals surface area contributed by atoms with E-state index in [1.807, 2.05) is 0 Å². The Morgan fingerprint density at radius 1 is 1.23 bits per heavy atom. The van der Waals surface area contributed by atoms with Gasteiger partial charge in [0, 0.05) is 37.3 Å². The summed E-state index contributed by atoms with van der Waals surface area (Å²) in [5.41, 5.74) is 5.60. The highest BCUT2D eigenvalue weighted by molar-refractivity contribution is 6.30. The lowest BCUT2D eigenvalue weighted by Gasteiger charge is -2.38. The molecular weight excluding hydrogens is 366 g/mol. The second kappa shape index (κ2) is 7.65. The molecule has 1 aliphatic carbocycles. The molecule has 1 atom stereocenters. The van der Waals surface area contributed by atoms with E-state index in [9.17, 15) is 18.4 Å². The van der Waals surface area contributed by atoms with Gasteiger partial charge in [-0.15, -0.1) is 0 Å². The number of nitrogens with zero attached hydrogens (tertiary/aromatic N) is 2. The van der Waals surface area contributed by atoms with Crippen LogP contribution in [0.4, 0.5) is 18.4 Å². The van der Waals surface area contributed by atoms with E-state index in [0.29, 0.717) is 19.2 Å². The first-order chi connectivity index (χ1) is 12.4. The maximum absolute atomic E-state index is 13.8. The monoisotopic (exact) mass is 386 g/mol. The van der Waals surface area contributed by atoms with Crippen LogP contribution in [0.1, 0.15) is 31.2 Å². The number of rotatable bonds is 4.